The molecule has 0 saturated carbocycles. The Labute approximate surface area is 106 Å². The fraction of sp³-hybridized carbons (Fsp3) is 0.545. The summed E-state index contributed by atoms with van der Waals surface area (Å²) in [5.74, 6) is 0.712. The second-order valence-electron chi connectivity index (χ2n) is 3.64. The number of likely N-dealkylation sites (N-methyl/N-ethyl adjacent to an activating group) is 2. The van der Waals surface area contributed by atoms with Crippen molar-refractivity contribution in [1.29, 1.82) is 0 Å². The van der Waals surface area contributed by atoms with Crippen LogP contribution >= 0.6 is 11.6 Å². The second-order valence-corrected chi connectivity index (χ2v) is 4.02. The summed E-state index contributed by atoms with van der Waals surface area (Å²) < 4.78 is 0. The quantitative estimate of drug-likeness (QED) is 0.800. The van der Waals surface area contributed by atoms with E-state index in [1.54, 1.807) is 29.0 Å². The molecule has 1 aromatic heterocycles. The molecule has 0 aliphatic rings. The van der Waals surface area contributed by atoms with Crippen LogP contribution in [0.4, 0.5) is 5.82 Å². The monoisotopic (exact) mass is 256 g/mol. The van der Waals surface area contributed by atoms with Gasteiger partial charge in [0.05, 0.1) is 6.54 Å². The fourth-order valence-corrected chi connectivity index (χ4v) is 1.57. The predicted molar refractivity (Wildman–Crippen MR) is 68.2 cm³/mol. The standard InChI is InChI=1S/C11H17ClN4O/c1-4-16(5-2)11(17)8-15(3)10-7-6-9(12)13-14-10/h6-7H,4-5,8H2,1-3H3. The minimum Gasteiger partial charge on any atom is -0.349 e. The van der Waals surface area contributed by atoms with Crippen LogP contribution in [0.15, 0.2) is 12.1 Å². The molecule has 0 radical (unpaired) electrons. The molecule has 0 fully saturated rings. The van der Waals surface area contributed by atoms with Gasteiger partial charge in [-0.25, -0.2) is 0 Å². The molecule has 0 bridgehead atoms. The zero-order chi connectivity index (χ0) is 12.8. The molecule has 17 heavy (non-hydrogen) atoms. The molecule has 0 unspecified atom stereocenters. The summed E-state index contributed by atoms with van der Waals surface area (Å²) in [7, 11) is 1.80. The number of rotatable bonds is 5. The lowest BCUT2D eigenvalue weighted by Gasteiger charge is -2.23. The number of halogens is 1. The van der Waals surface area contributed by atoms with E-state index in [4.69, 9.17) is 11.6 Å². The maximum Gasteiger partial charge on any atom is 0.242 e. The first-order valence-corrected chi connectivity index (χ1v) is 5.94. The highest BCUT2D eigenvalue weighted by Crippen LogP contribution is 2.10. The number of amides is 1. The van der Waals surface area contributed by atoms with Crippen molar-refractivity contribution in [1.82, 2.24) is 15.1 Å². The minimum atomic E-state index is 0.0780. The van der Waals surface area contributed by atoms with Crippen LogP contribution in [0.25, 0.3) is 0 Å². The third kappa shape index (κ3) is 3.85. The maximum atomic E-state index is 11.9. The van der Waals surface area contributed by atoms with Crippen molar-refractivity contribution < 1.29 is 4.79 Å². The molecule has 1 amide bonds. The van der Waals surface area contributed by atoms with Crippen LogP contribution in [0.3, 0.4) is 0 Å². The summed E-state index contributed by atoms with van der Waals surface area (Å²) in [6.07, 6.45) is 0. The highest BCUT2D eigenvalue weighted by atomic mass is 35.5. The molecule has 0 aliphatic carbocycles. The second kappa shape index (κ2) is 6.39. The Morgan fingerprint density at radius 1 is 1.29 bits per heavy atom. The molecule has 0 spiro atoms. The predicted octanol–water partition coefficient (Wildman–Crippen LogP) is 1.43. The van der Waals surface area contributed by atoms with Crippen molar-refractivity contribution in [3.63, 3.8) is 0 Å². The van der Waals surface area contributed by atoms with Gasteiger partial charge in [-0.1, -0.05) is 11.6 Å². The van der Waals surface area contributed by atoms with Gasteiger partial charge in [-0.05, 0) is 26.0 Å². The first-order valence-electron chi connectivity index (χ1n) is 5.56. The number of anilines is 1. The molecular formula is C11H17ClN4O. The van der Waals surface area contributed by atoms with Gasteiger partial charge < -0.3 is 9.80 Å². The number of carbonyl (C=O) groups excluding carboxylic acids is 1. The van der Waals surface area contributed by atoms with Gasteiger partial charge in [0.25, 0.3) is 0 Å². The topological polar surface area (TPSA) is 49.3 Å². The van der Waals surface area contributed by atoms with Crippen LogP contribution < -0.4 is 4.90 Å². The molecule has 0 N–H and O–H groups in total. The molecule has 1 heterocycles. The molecule has 0 saturated heterocycles. The van der Waals surface area contributed by atoms with Crippen molar-refractivity contribution in [3.05, 3.63) is 17.3 Å². The first-order chi connectivity index (χ1) is 8.08. The van der Waals surface area contributed by atoms with E-state index in [0.29, 0.717) is 11.0 Å². The number of nitrogens with zero attached hydrogens (tertiary/aromatic N) is 4. The minimum absolute atomic E-state index is 0.0780. The van der Waals surface area contributed by atoms with Crippen molar-refractivity contribution in [3.8, 4) is 0 Å². The summed E-state index contributed by atoms with van der Waals surface area (Å²) in [5, 5.41) is 8.00. The molecule has 0 aromatic carbocycles. The van der Waals surface area contributed by atoms with Crippen LogP contribution in [-0.4, -0.2) is 47.7 Å². The van der Waals surface area contributed by atoms with Crippen LogP contribution in [0.2, 0.25) is 5.15 Å². The lowest BCUT2D eigenvalue weighted by Crippen LogP contribution is -2.39. The summed E-state index contributed by atoms with van der Waals surface area (Å²) >= 11 is 5.65. The number of hydrogen-bond donors (Lipinski definition) is 0. The van der Waals surface area contributed by atoms with Crippen LogP contribution in [0, 0.1) is 0 Å². The summed E-state index contributed by atoms with van der Waals surface area (Å²) in [6.45, 7) is 5.65. The van der Waals surface area contributed by atoms with E-state index in [-0.39, 0.29) is 12.5 Å². The van der Waals surface area contributed by atoms with Crippen molar-refractivity contribution in [2.45, 2.75) is 13.8 Å². The van der Waals surface area contributed by atoms with E-state index in [0.717, 1.165) is 13.1 Å². The SMILES string of the molecule is CCN(CC)C(=O)CN(C)c1ccc(Cl)nn1. The summed E-state index contributed by atoms with van der Waals surface area (Å²) in [5.41, 5.74) is 0. The molecule has 1 rings (SSSR count). The molecule has 94 valence electrons. The highest BCUT2D eigenvalue weighted by molar-refractivity contribution is 6.29. The molecule has 6 heteroatoms. The fourth-order valence-electron chi connectivity index (χ4n) is 1.47. The highest BCUT2D eigenvalue weighted by Gasteiger charge is 2.13. The molecule has 5 nitrogen and oxygen atoms in total. The van der Waals surface area contributed by atoms with E-state index in [1.807, 2.05) is 13.8 Å². The molecular weight excluding hydrogens is 240 g/mol. The van der Waals surface area contributed by atoms with E-state index in [2.05, 4.69) is 10.2 Å². The normalized spacial score (nSPS) is 10.1. The zero-order valence-corrected chi connectivity index (χ0v) is 11.1. The Kier molecular flexibility index (Phi) is 5.15. The van der Waals surface area contributed by atoms with Gasteiger partial charge in [-0.3, -0.25) is 4.79 Å². The van der Waals surface area contributed by atoms with Gasteiger partial charge in [-0.2, -0.15) is 0 Å². The lowest BCUT2D eigenvalue weighted by molar-refractivity contribution is -0.129. The van der Waals surface area contributed by atoms with Gasteiger partial charge in [-0.15, -0.1) is 10.2 Å². The van der Waals surface area contributed by atoms with E-state index < -0.39 is 0 Å². The van der Waals surface area contributed by atoms with Gasteiger partial charge in [0, 0.05) is 20.1 Å². The average molecular weight is 257 g/mol. The number of hydrogen-bond acceptors (Lipinski definition) is 4. The van der Waals surface area contributed by atoms with Crippen molar-refractivity contribution in [2.75, 3.05) is 31.6 Å². The Balaban J connectivity index is 2.62. The Morgan fingerprint density at radius 2 is 1.94 bits per heavy atom. The maximum absolute atomic E-state index is 11.9. The van der Waals surface area contributed by atoms with E-state index in [1.165, 1.54) is 0 Å². The average Bonchev–Trinajstić information content (AvgIpc) is 2.31. The van der Waals surface area contributed by atoms with Crippen LogP contribution in [0.1, 0.15) is 13.8 Å². The zero-order valence-electron chi connectivity index (χ0n) is 10.4. The first kappa shape index (κ1) is 13.7. The smallest absolute Gasteiger partial charge is 0.242 e. The van der Waals surface area contributed by atoms with Crippen molar-refractivity contribution >= 4 is 23.3 Å². The Morgan fingerprint density at radius 3 is 2.41 bits per heavy atom. The number of carbonyl (C=O) groups is 1. The van der Waals surface area contributed by atoms with Gasteiger partial charge in [0.15, 0.2) is 11.0 Å². The lowest BCUT2D eigenvalue weighted by atomic mass is 10.4. The van der Waals surface area contributed by atoms with E-state index >= 15 is 0 Å². The molecule has 1 aromatic rings. The summed E-state index contributed by atoms with van der Waals surface area (Å²) in [6, 6.07) is 3.40. The molecule has 0 atom stereocenters. The van der Waals surface area contributed by atoms with Gasteiger partial charge in [0.1, 0.15) is 0 Å². The Hall–Kier alpha value is -1.36. The van der Waals surface area contributed by atoms with Gasteiger partial charge >= 0.3 is 0 Å². The third-order valence-electron chi connectivity index (χ3n) is 2.50. The summed E-state index contributed by atoms with van der Waals surface area (Å²) in [4.78, 5) is 15.4. The third-order valence-corrected chi connectivity index (χ3v) is 2.70. The van der Waals surface area contributed by atoms with E-state index in [9.17, 15) is 4.79 Å². The molecule has 0 aliphatic heterocycles. The van der Waals surface area contributed by atoms with Crippen LogP contribution in [-0.2, 0) is 4.79 Å². The van der Waals surface area contributed by atoms with Crippen molar-refractivity contribution in [2.24, 2.45) is 0 Å². The number of aromatic nitrogens is 2. The Bertz CT molecular complexity index is 364. The largest absolute Gasteiger partial charge is 0.349 e. The van der Waals surface area contributed by atoms with Gasteiger partial charge in [0.2, 0.25) is 5.91 Å². The van der Waals surface area contributed by atoms with Crippen LogP contribution in [0.5, 0.6) is 0 Å².